The fourth-order valence-electron chi connectivity index (χ4n) is 10.4. The average molecular weight is 1720 g/mol. The number of anilines is 8. The molecule has 12 aromatic carbocycles. The molecule has 12 N–H and O–H groups in total. The van der Waals surface area contributed by atoms with E-state index in [1.54, 1.807) is 0 Å². The molecule has 112 heavy (non-hydrogen) atoms. The average Bonchev–Trinajstić information content (AvgIpc) is 0.795. The molecule has 0 aliphatic carbocycles. The Balaban J connectivity index is 0.000000300. The van der Waals surface area contributed by atoms with Crippen molar-refractivity contribution in [3.63, 3.8) is 0 Å². The third kappa shape index (κ3) is 22.3. The minimum Gasteiger partial charge on any atom is -0.744 e. The summed E-state index contributed by atoms with van der Waals surface area (Å²) in [6.45, 7) is 0. The van der Waals surface area contributed by atoms with Gasteiger partial charge < -0.3 is 59.9 Å². The van der Waals surface area contributed by atoms with Crippen LogP contribution in [0.25, 0.3) is 43.1 Å². The molecule has 0 heterocycles. The number of phenols is 4. The molecule has 4 amide bonds. The molecule has 0 radical (unpaired) electrons. The Kier molecular flexibility index (Phi) is 28.9. The van der Waals surface area contributed by atoms with E-state index >= 15 is 0 Å². The van der Waals surface area contributed by atoms with Crippen molar-refractivity contribution >= 4 is 181 Å². The Labute approximate surface area is 726 Å². The zero-order chi connectivity index (χ0) is 78.4. The van der Waals surface area contributed by atoms with E-state index in [0.29, 0.717) is 0 Å². The third-order valence-electron chi connectivity index (χ3n) is 15.5. The van der Waals surface area contributed by atoms with Gasteiger partial charge in [-0.3, -0.25) is 18.9 Å². The number of hydrogen-bond donors (Lipinski definition) is 12. The number of carbonyl (C=O) groups excluding carboxylic acids is 2. The van der Waals surface area contributed by atoms with E-state index in [4.69, 9.17) is 0 Å². The van der Waals surface area contributed by atoms with Crippen LogP contribution in [-0.4, -0.2) is 118 Å². The van der Waals surface area contributed by atoms with Crippen molar-refractivity contribution in [2.45, 2.75) is 39.2 Å². The molecule has 46 heteroatoms. The summed E-state index contributed by atoms with van der Waals surface area (Å²) in [4.78, 5) is 21.9. The number of carbonyl (C=O) groups is 2. The molecule has 0 bridgehead atoms. The molecule has 560 valence electrons. The largest absolute Gasteiger partial charge is 1.00 e. The number of urea groups is 2. The second-order valence-corrected chi connectivity index (χ2v) is 35.3. The second kappa shape index (κ2) is 35.4. The van der Waals surface area contributed by atoms with Gasteiger partial charge >= 0.3 is 130 Å². The van der Waals surface area contributed by atoms with Crippen LogP contribution >= 0.6 is 0 Å². The van der Waals surface area contributed by atoms with Gasteiger partial charge in [0.05, 0.1) is 39.2 Å². The van der Waals surface area contributed by atoms with Gasteiger partial charge in [-0.05, 0) is 216 Å². The Morgan fingerprint density at radius 2 is 0.384 bits per heavy atom. The van der Waals surface area contributed by atoms with Gasteiger partial charge in [0.25, 0.3) is 40.1 Å². The molecule has 0 atom stereocenters. The maximum absolute atomic E-state index is 13.0. The Morgan fingerprint density at radius 1 is 0.223 bits per heavy atom. The summed E-state index contributed by atoms with van der Waals surface area (Å²) < 4.78 is 249. The summed E-state index contributed by atoms with van der Waals surface area (Å²) in [6, 6.07) is 41.5. The second-order valence-electron chi connectivity index (χ2n) is 23.0. The molecule has 0 spiro atoms. The van der Waals surface area contributed by atoms with Crippen LogP contribution in [0, 0.1) is 0 Å². The maximum Gasteiger partial charge on any atom is 1.00 e. The summed E-state index contributed by atoms with van der Waals surface area (Å²) in [6.07, 6.45) is 0. The van der Waals surface area contributed by atoms with Gasteiger partial charge in [-0.25, -0.2) is 76.9 Å². The molecule has 34 nitrogen and oxygen atoms in total. The molecule has 0 saturated heterocycles. The first-order valence-corrected chi connectivity index (χ1v) is 41.5. The minimum atomic E-state index is -4.84. The van der Waals surface area contributed by atoms with Gasteiger partial charge in [0.15, 0.2) is 0 Å². The molecule has 0 aliphatic rings. The van der Waals surface area contributed by atoms with Crippen molar-refractivity contribution in [2.24, 2.45) is 0 Å². The van der Waals surface area contributed by atoms with Crippen LogP contribution in [0.1, 0.15) is 0 Å². The van der Waals surface area contributed by atoms with Gasteiger partial charge in [-0.2, -0.15) is 0 Å². The molecular formula is C66H48N8Na4O26S8. The van der Waals surface area contributed by atoms with Crippen LogP contribution in [0.3, 0.4) is 0 Å². The van der Waals surface area contributed by atoms with E-state index in [9.17, 15) is 116 Å². The summed E-state index contributed by atoms with van der Waals surface area (Å²) in [5, 5.41) is 52.0. The SMILES string of the molecule is O=C(Nc1ccc(S(=O)(=O)Nc2ccc3cc(S(=O)(=O)[O-])cc(O)c3c2)cc1)Nc1ccc(S(=O)(=O)Nc2ccc3cc(S(=O)(=O)[O-])cc(O)c3c2)cc1.O=C(Nc1ccc(S(=O)(=O)Nc2ccc3cc(S(=O)(=O)[O-])cc(O)c3c2)cc1)Nc1ccc(S(=O)(=O)Nc2ccc3cc(S(=O)(=O)[O-])cc(O)c3c2)cc1.[Na+].[Na+].[Na+].[Na+]. The first-order chi connectivity index (χ1) is 50.3. The number of fused-ring (bicyclic) bond motifs is 4. The number of nitrogens with one attached hydrogen (secondary N) is 8. The van der Waals surface area contributed by atoms with E-state index in [1.165, 1.54) is 170 Å². The van der Waals surface area contributed by atoms with Gasteiger partial charge in [0.1, 0.15) is 63.5 Å². The minimum absolute atomic E-state index is 0. The Bertz CT molecular complexity index is 5910. The number of hydrogen-bond acceptors (Lipinski definition) is 26. The molecular weight excluding hydrogens is 1670 g/mol. The van der Waals surface area contributed by atoms with Crippen molar-refractivity contribution < 1.29 is 234 Å². The first kappa shape index (κ1) is 91.2. The standard InChI is InChI=1S/2C33H26N4O13S4.4Na/c2*38-31-17-27(53(45,46)47)13-19-1-3-23(15-29(19)31)36-51(41,42)25-9-5-21(6-10-25)34-33(40)35-22-7-11-26(12-8-22)52(43,44)37-24-4-2-20-14-28(54(48,49)50)18-32(39)30(20)16-24;;;;/h2*1-18,36-39H,(H2,34,35,40)(H,45,46,47)(H,48,49,50);;;;/q;;4*+1/p-4. The first-order valence-electron chi connectivity index (χ1n) is 29.9. The molecule has 0 unspecified atom stereocenters. The van der Waals surface area contributed by atoms with Crippen molar-refractivity contribution in [2.75, 3.05) is 40.2 Å². The van der Waals surface area contributed by atoms with E-state index in [0.717, 1.165) is 48.5 Å². The smallest absolute Gasteiger partial charge is 0.744 e. The zero-order valence-corrected chi connectivity index (χ0v) is 72.4. The van der Waals surface area contributed by atoms with Crippen molar-refractivity contribution in [1.82, 2.24) is 0 Å². The topological polar surface area (TPSA) is 577 Å². The molecule has 0 aliphatic heterocycles. The fraction of sp³-hybridized carbons (Fsp3) is 0. The van der Waals surface area contributed by atoms with Crippen LogP contribution in [0.4, 0.5) is 55.1 Å². The van der Waals surface area contributed by atoms with Crippen molar-refractivity contribution in [1.29, 1.82) is 0 Å². The summed E-state index contributed by atoms with van der Waals surface area (Å²) in [5.74, 6) is -2.18. The summed E-state index contributed by atoms with van der Waals surface area (Å²) in [5.41, 5.74) is 0.888. The zero-order valence-electron chi connectivity index (χ0n) is 57.8. The number of rotatable bonds is 20. The number of amides is 4. The van der Waals surface area contributed by atoms with Crippen molar-refractivity contribution in [3.8, 4) is 23.0 Å². The monoisotopic (exact) mass is 1720 g/mol. The third-order valence-corrected chi connectivity index (χ3v) is 24.3. The molecule has 0 saturated carbocycles. The number of phenolic OH excluding ortho intramolecular Hbond substituents is 4. The van der Waals surface area contributed by atoms with E-state index in [2.05, 4.69) is 40.2 Å². The van der Waals surface area contributed by atoms with E-state index in [-0.39, 0.29) is 226 Å². The maximum atomic E-state index is 13.0. The van der Waals surface area contributed by atoms with Crippen LogP contribution in [0.2, 0.25) is 0 Å². The predicted octanol–water partition coefficient (Wildman–Crippen LogP) is -3.07. The molecule has 12 rings (SSSR count). The number of benzene rings is 12. The normalized spacial score (nSPS) is 11.9. The summed E-state index contributed by atoms with van der Waals surface area (Å²) in [7, 11) is -36.1. The Hall–Kier alpha value is -7.94. The molecule has 12 aromatic rings. The van der Waals surface area contributed by atoms with E-state index < -0.39 is 135 Å². The van der Waals surface area contributed by atoms with Crippen molar-refractivity contribution in [3.05, 3.63) is 218 Å². The van der Waals surface area contributed by atoms with Gasteiger partial charge in [-0.15, -0.1) is 0 Å². The van der Waals surface area contributed by atoms with Crippen LogP contribution in [-0.2, 0) is 80.6 Å². The number of aromatic hydroxyl groups is 4. The fourth-order valence-corrected chi connectivity index (χ4v) is 16.7. The summed E-state index contributed by atoms with van der Waals surface area (Å²) >= 11 is 0. The van der Waals surface area contributed by atoms with E-state index in [1.807, 2.05) is 0 Å². The van der Waals surface area contributed by atoms with Crippen LogP contribution < -0.4 is 158 Å². The van der Waals surface area contributed by atoms with Crippen LogP contribution in [0.15, 0.2) is 258 Å². The molecule has 0 fully saturated rings. The van der Waals surface area contributed by atoms with Gasteiger partial charge in [-0.1, -0.05) is 24.3 Å². The Morgan fingerprint density at radius 3 is 0.545 bits per heavy atom. The molecule has 0 aromatic heterocycles. The van der Waals surface area contributed by atoms with Crippen LogP contribution in [0.5, 0.6) is 23.0 Å². The predicted molar refractivity (Wildman–Crippen MR) is 389 cm³/mol. The van der Waals surface area contributed by atoms with Gasteiger partial charge in [0.2, 0.25) is 0 Å². The number of sulfonamides is 4. The quantitative estimate of drug-likeness (QED) is 0.0266. The van der Waals surface area contributed by atoms with Gasteiger partial charge in [0, 0.05) is 67.0 Å².